The van der Waals surface area contributed by atoms with Crippen LogP contribution in [0.25, 0.3) is 0 Å². The number of oxazole rings is 1. The van der Waals surface area contributed by atoms with Crippen molar-refractivity contribution in [2.24, 2.45) is 4.99 Å². The van der Waals surface area contributed by atoms with Crippen LogP contribution in [0, 0.1) is 13.8 Å². The first kappa shape index (κ1) is 22.7. The summed E-state index contributed by atoms with van der Waals surface area (Å²) in [6.45, 7) is 4.67. The van der Waals surface area contributed by atoms with E-state index in [1.165, 1.54) is 14.2 Å². The molecule has 0 fully saturated rings. The van der Waals surface area contributed by atoms with Gasteiger partial charge in [0.2, 0.25) is 5.89 Å². The van der Waals surface area contributed by atoms with Gasteiger partial charge in [0.25, 0.3) is 0 Å². The van der Waals surface area contributed by atoms with Gasteiger partial charge < -0.3 is 24.5 Å². The van der Waals surface area contributed by atoms with Crippen LogP contribution in [-0.2, 0) is 17.8 Å². The number of benzene rings is 1. The predicted molar refractivity (Wildman–Crippen MR) is 113 cm³/mol. The SMILES string of the molecule is CN=C(NCc1ccc(OC)c(C(=O)OC)c1)NCc1nc(C)c(C)o1.I. The van der Waals surface area contributed by atoms with Gasteiger partial charge in [-0.15, -0.1) is 24.0 Å². The number of guanidine groups is 1. The Morgan fingerprint density at radius 3 is 2.48 bits per heavy atom. The summed E-state index contributed by atoms with van der Waals surface area (Å²) in [5, 5.41) is 6.31. The molecule has 9 heteroatoms. The summed E-state index contributed by atoms with van der Waals surface area (Å²) in [7, 11) is 4.53. The van der Waals surface area contributed by atoms with Crippen LogP contribution in [0.1, 0.15) is 33.3 Å². The number of halogens is 1. The Balaban J connectivity index is 0.00000364. The van der Waals surface area contributed by atoms with Gasteiger partial charge in [0, 0.05) is 13.6 Å². The van der Waals surface area contributed by atoms with Crippen LogP contribution in [0.15, 0.2) is 27.6 Å². The van der Waals surface area contributed by atoms with E-state index >= 15 is 0 Å². The van der Waals surface area contributed by atoms with Crippen molar-refractivity contribution in [2.45, 2.75) is 26.9 Å². The van der Waals surface area contributed by atoms with Crippen molar-refractivity contribution in [3.05, 3.63) is 46.7 Å². The van der Waals surface area contributed by atoms with E-state index < -0.39 is 5.97 Å². The molecule has 148 valence electrons. The van der Waals surface area contributed by atoms with E-state index in [0.29, 0.717) is 36.3 Å². The van der Waals surface area contributed by atoms with E-state index in [-0.39, 0.29) is 24.0 Å². The van der Waals surface area contributed by atoms with Crippen LogP contribution in [-0.4, -0.2) is 38.2 Å². The third kappa shape index (κ3) is 6.12. The fourth-order valence-corrected chi connectivity index (χ4v) is 2.32. The Labute approximate surface area is 175 Å². The van der Waals surface area contributed by atoms with Gasteiger partial charge in [0.1, 0.15) is 17.1 Å². The molecule has 27 heavy (non-hydrogen) atoms. The first-order valence-corrected chi connectivity index (χ1v) is 8.11. The van der Waals surface area contributed by atoms with Gasteiger partial charge in [0.05, 0.1) is 26.5 Å². The second-order valence-corrected chi connectivity index (χ2v) is 5.55. The molecule has 2 aromatic rings. The second kappa shape index (κ2) is 10.8. The number of aromatic nitrogens is 1. The maximum Gasteiger partial charge on any atom is 0.341 e. The van der Waals surface area contributed by atoms with Crippen molar-refractivity contribution < 1.29 is 18.7 Å². The summed E-state index contributed by atoms with van der Waals surface area (Å²) in [5.74, 6) is 2.02. The lowest BCUT2D eigenvalue weighted by molar-refractivity contribution is 0.0597. The molecular formula is C18H25IN4O4. The van der Waals surface area contributed by atoms with Crippen LogP contribution < -0.4 is 15.4 Å². The number of hydrogen-bond donors (Lipinski definition) is 2. The topological polar surface area (TPSA) is 98.0 Å². The Bertz CT molecular complexity index is 785. The lowest BCUT2D eigenvalue weighted by atomic mass is 10.1. The lowest BCUT2D eigenvalue weighted by Gasteiger charge is -2.12. The number of rotatable bonds is 6. The highest BCUT2D eigenvalue weighted by molar-refractivity contribution is 14.0. The average Bonchev–Trinajstić information content (AvgIpc) is 2.98. The van der Waals surface area contributed by atoms with Gasteiger partial charge in [-0.3, -0.25) is 4.99 Å². The predicted octanol–water partition coefficient (Wildman–Crippen LogP) is 2.57. The van der Waals surface area contributed by atoms with E-state index in [0.717, 1.165) is 17.0 Å². The first-order chi connectivity index (χ1) is 12.5. The van der Waals surface area contributed by atoms with E-state index in [4.69, 9.17) is 13.9 Å². The highest BCUT2D eigenvalue weighted by Gasteiger charge is 2.13. The zero-order valence-corrected chi connectivity index (χ0v) is 18.4. The fraction of sp³-hybridized carbons (Fsp3) is 0.389. The fourth-order valence-electron chi connectivity index (χ4n) is 2.32. The molecule has 0 saturated carbocycles. The third-order valence-electron chi connectivity index (χ3n) is 3.83. The number of aliphatic imine (C=N–C) groups is 1. The molecule has 0 saturated heterocycles. The summed E-state index contributed by atoms with van der Waals surface area (Å²) in [4.78, 5) is 20.3. The second-order valence-electron chi connectivity index (χ2n) is 5.55. The van der Waals surface area contributed by atoms with Crippen molar-refractivity contribution in [3.8, 4) is 5.75 Å². The zero-order valence-electron chi connectivity index (χ0n) is 16.1. The third-order valence-corrected chi connectivity index (χ3v) is 3.83. The molecule has 0 aliphatic rings. The number of nitrogens with zero attached hydrogens (tertiary/aromatic N) is 2. The zero-order chi connectivity index (χ0) is 19.1. The summed E-state index contributed by atoms with van der Waals surface area (Å²) in [6, 6.07) is 5.33. The normalized spacial score (nSPS) is 10.8. The van der Waals surface area contributed by atoms with E-state index in [9.17, 15) is 4.79 Å². The minimum absolute atomic E-state index is 0. The van der Waals surface area contributed by atoms with E-state index in [1.54, 1.807) is 19.2 Å². The summed E-state index contributed by atoms with van der Waals surface area (Å²) in [6.07, 6.45) is 0. The van der Waals surface area contributed by atoms with Crippen LogP contribution in [0.3, 0.4) is 0 Å². The summed E-state index contributed by atoms with van der Waals surface area (Å²) < 4.78 is 15.5. The Morgan fingerprint density at radius 1 is 1.22 bits per heavy atom. The molecule has 2 N–H and O–H groups in total. The Morgan fingerprint density at radius 2 is 1.93 bits per heavy atom. The standard InChI is InChI=1S/C18H24N4O4.HI/c1-11-12(2)26-16(22-11)10-21-18(19-3)20-9-13-6-7-15(24-4)14(8-13)17(23)25-5;/h6-8H,9-10H2,1-5H3,(H2,19,20,21);1H. The number of esters is 1. The largest absolute Gasteiger partial charge is 0.496 e. The molecule has 0 bridgehead atoms. The maximum atomic E-state index is 11.9. The molecule has 0 aliphatic heterocycles. The highest BCUT2D eigenvalue weighted by atomic mass is 127. The van der Waals surface area contributed by atoms with Crippen LogP contribution in [0.4, 0.5) is 0 Å². The summed E-state index contributed by atoms with van der Waals surface area (Å²) >= 11 is 0. The number of nitrogens with one attached hydrogen (secondary N) is 2. The van der Waals surface area contributed by atoms with Crippen molar-refractivity contribution >= 4 is 35.9 Å². The van der Waals surface area contributed by atoms with Gasteiger partial charge in [-0.05, 0) is 31.5 Å². The first-order valence-electron chi connectivity index (χ1n) is 8.11. The van der Waals surface area contributed by atoms with Crippen LogP contribution in [0.2, 0.25) is 0 Å². The van der Waals surface area contributed by atoms with Crippen LogP contribution >= 0.6 is 24.0 Å². The van der Waals surface area contributed by atoms with Crippen LogP contribution in [0.5, 0.6) is 5.75 Å². The smallest absolute Gasteiger partial charge is 0.341 e. The Kier molecular flexibility index (Phi) is 9.06. The number of carbonyl (C=O) groups excluding carboxylic acids is 1. The number of hydrogen-bond acceptors (Lipinski definition) is 6. The Hall–Kier alpha value is -2.30. The maximum absolute atomic E-state index is 11.9. The van der Waals surface area contributed by atoms with E-state index in [2.05, 4.69) is 20.6 Å². The minimum atomic E-state index is -0.444. The monoisotopic (exact) mass is 488 g/mol. The van der Waals surface area contributed by atoms with Crippen molar-refractivity contribution in [1.29, 1.82) is 0 Å². The molecule has 8 nitrogen and oxygen atoms in total. The van der Waals surface area contributed by atoms with Crippen molar-refractivity contribution in [2.75, 3.05) is 21.3 Å². The number of carbonyl (C=O) groups is 1. The molecule has 0 radical (unpaired) electrons. The number of aryl methyl sites for hydroxylation is 2. The molecule has 2 rings (SSSR count). The molecule has 1 aromatic carbocycles. The molecule has 1 heterocycles. The molecule has 0 spiro atoms. The van der Waals surface area contributed by atoms with Gasteiger partial charge >= 0.3 is 5.97 Å². The van der Waals surface area contributed by atoms with Gasteiger partial charge in [0.15, 0.2) is 5.96 Å². The molecular weight excluding hydrogens is 463 g/mol. The van der Waals surface area contributed by atoms with E-state index in [1.807, 2.05) is 19.9 Å². The summed E-state index contributed by atoms with van der Waals surface area (Å²) in [5.41, 5.74) is 2.14. The minimum Gasteiger partial charge on any atom is -0.496 e. The van der Waals surface area contributed by atoms with Gasteiger partial charge in [-0.25, -0.2) is 9.78 Å². The van der Waals surface area contributed by atoms with Crippen molar-refractivity contribution in [3.63, 3.8) is 0 Å². The molecule has 0 aliphatic carbocycles. The van der Waals surface area contributed by atoms with Crippen molar-refractivity contribution in [1.82, 2.24) is 15.6 Å². The molecule has 0 atom stereocenters. The average molecular weight is 488 g/mol. The van der Waals surface area contributed by atoms with Gasteiger partial charge in [-0.1, -0.05) is 6.07 Å². The molecule has 0 amide bonds. The highest BCUT2D eigenvalue weighted by Crippen LogP contribution is 2.20. The molecule has 1 aromatic heterocycles. The quantitative estimate of drug-likeness (QED) is 0.279. The van der Waals surface area contributed by atoms with Gasteiger partial charge in [-0.2, -0.15) is 0 Å². The number of ether oxygens (including phenoxy) is 2. The lowest BCUT2D eigenvalue weighted by Crippen LogP contribution is -2.36. The number of methoxy groups -OCH3 is 2. The molecule has 0 unspecified atom stereocenters.